The lowest BCUT2D eigenvalue weighted by Gasteiger charge is -2.34. The van der Waals surface area contributed by atoms with Crippen LogP contribution in [0.2, 0.25) is 0 Å². The maximum absolute atomic E-state index is 12.7. The lowest BCUT2D eigenvalue weighted by Crippen LogP contribution is -2.48. The Balaban J connectivity index is 1.15. The Morgan fingerprint density at radius 1 is 0.875 bits per heavy atom. The molecule has 1 fully saturated rings. The minimum absolute atomic E-state index is 0.147. The molecule has 1 saturated heterocycles. The number of carbonyl (C=O) groups is 1. The Morgan fingerprint density at radius 3 is 2.47 bits per heavy atom. The van der Waals surface area contributed by atoms with E-state index >= 15 is 0 Å². The van der Waals surface area contributed by atoms with E-state index in [4.69, 9.17) is 4.52 Å². The number of hydrogen-bond acceptors (Lipinski definition) is 5. The monoisotopic (exact) mass is 426 g/mol. The van der Waals surface area contributed by atoms with Crippen LogP contribution in [0, 0.1) is 0 Å². The molecule has 6 heteroatoms. The van der Waals surface area contributed by atoms with E-state index < -0.39 is 0 Å². The number of amides is 1. The first-order valence-electron chi connectivity index (χ1n) is 11.1. The highest BCUT2D eigenvalue weighted by atomic mass is 16.5. The van der Waals surface area contributed by atoms with Crippen molar-refractivity contribution in [1.29, 1.82) is 0 Å². The fourth-order valence-corrected chi connectivity index (χ4v) is 4.26. The Morgan fingerprint density at radius 2 is 1.62 bits per heavy atom. The van der Waals surface area contributed by atoms with E-state index in [-0.39, 0.29) is 5.91 Å². The smallest absolute Gasteiger partial charge is 0.227 e. The van der Waals surface area contributed by atoms with Gasteiger partial charge in [-0.3, -0.25) is 9.69 Å². The summed E-state index contributed by atoms with van der Waals surface area (Å²) in [5.74, 6) is 1.22. The van der Waals surface area contributed by atoms with Crippen molar-refractivity contribution >= 4 is 16.7 Å². The second kappa shape index (κ2) is 9.32. The maximum Gasteiger partial charge on any atom is 0.227 e. The summed E-state index contributed by atoms with van der Waals surface area (Å²) in [4.78, 5) is 21.6. The molecule has 0 bridgehead atoms. The Hall–Kier alpha value is -3.51. The van der Waals surface area contributed by atoms with Crippen LogP contribution in [-0.4, -0.2) is 52.0 Å². The van der Waals surface area contributed by atoms with Crippen LogP contribution in [0.4, 0.5) is 0 Å². The van der Waals surface area contributed by atoms with Gasteiger partial charge in [0.15, 0.2) is 0 Å². The van der Waals surface area contributed by atoms with Gasteiger partial charge in [-0.15, -0.1) is 0 Å². The second-order valence-electron chi connectivity index (χ2n) is 8.18. The predicted octanol–water partition coefficient (Wildman–Crippen LogP) is 4.17. The Kier molecular flexibility index (Phi) is 5.94. The summed E-state index contributed by atoms with van der Waals surface area (Å²) >= 11 is 0. The molecule has 3 aromatic carbocycles. The van der Waals surface area contributed by atoms with Crippen LogP contribution in [0.25, 0.3) is 22.2 Å². The van der Waals surface area contributed by atoms with Gasteiger partial charge in [0, 0.05) is 51.1 Å². The summed E-state index contributed by atoms with van der Waals surface area (Å²) in [5, 5.41) is 6.39. The van der Waals surface area contributed by atoms with Crippen molar-refractivity contribution in [2.75, 3.05) is 26.2 Å². The molecule has 1 aliphatic heterocycles. The quantitative estimate of drug-likeness (QED) is 0.463. The van der Waals surface area contributed by atoms with Crippen molar-refractivity contribution in [2.24, 2.45) is 0 Å². The standard InChI is InChI=1S/C26H26N4O2/c31-25(30-17-15-29(16-18-30)19-20-7-2-1-3-8-20)14-13-24-27-26(28-32-24)23-12-6-10-21-9-4-5-11-22(21)23/h1-12H,13-19H2. The molecule has 4 aromatic rings. The van der Waals surface area contributed by atoms with Gasteiger partial charge in [0.25, 0.3) is 0 Å². The van der Waals surface area contributed by atoms with E-state index in [2.05, 4.69) is 57.5 Å². The molecule has 1 amide bonds. The molecule has 0 spiro atoms. The molecule has 162 valence electrons. The fourth-order valence-electron chi connectivity index (χ4n) is 4.26. The highest BCUT2D eigenvalue weighted by Gasteiger charge is 2.22. The average molecular weight is 427 g/mol. The van der Waals surface area contributed by atoms with E-state index in [0.717, 1.165) is 49.1 Å². The third-order valence-corrected chi connectivity index (χ3v) is 6.03. The van der Waals surface area contributed by atoms with E-state index in [1.54, 1.807) is 0 Å². The van der Waals surface area contributed by atoms with Crippen LogP contribution in [-0.2, 0) is 17.8 Å². The third kappa shape index (κ3) is 4.55. The fraction of sp³-hybridized carbons (Fsp3) is 0.269. The molecule has 5 rings (SSSR count). The highest BCUT2D eigenvalue weighted by molar-refractivity contribution is 5.94. The van der Waals surface area contributed by atoms with Crippen molar-refractivity contribution in [3.63, 3.8) is 0 Å². The number of aryl methyl sites for hydroxylation is 1. The molecule has 1 aromatic heterocycles. The van der Waals surface area contributed by atoms with Crippen LogP contribution < -0.4 is 0 Å². The van der Waals surface area contributed by atoms with Gasteiger partial charge in [-0.05, 0) is 16.3 Å². The molecule has 32 heavy (non-hydrogen) atoms. The molecule has 0 N–H and O–H groups in total. The maximum atomic E-state index is 12.7. The van der Waals surface area contributed by atoms with Crippen molar-refractivity contribution in [3.8, 4) is 11.4 Å². The van der Waals surface area contributed by atoms with Crippen LogP contribution in [0.5, 0.6) is 0 Å². The Labute approximate surface area is 187 Å². The SMILES string of the molecule is O=C(CCc1nc(-c2cccc3ccccc23)no1)N1CCN(Cc2ccccc2)CC1. The lowest BCUT2D eigenvalue weighted by atomic mass is 10.0. The average Bonchev–Trinajstić information content (AvgIpc) is 3.32. The van der Waals surface area contributed by atoms with Gasteiger partial charge in [-0.25, -0.2) is 0 Å². The molecule has 1 aliphatic rings. The first kappa shape index (κ1) is 20.4. The summed E-state index contributed by atoms with van der Waals surface area (Å²) in [7, 11) is 0. The zero-order chi connectivity index (χ0) is 21.8. The number of hydrogen-bond donors (Lipinski definition) is 0. The van der Waals surface area contributed by atoms with Gasteiger partial charge < -0.3 is 9.42 Å². The topological polar surface area (TPSA) is 62.5 Å². The van der Waals surface area contributed by atoms with Crippen molar-refractivity contribution in [2.45, 2.75) is 19.4 Å². The number of aromatic nitrogens is 2. The van der Waals surface area contributed by atoms with Crippen LogP contribution in [0.3, 0.4) is 0 Å². The van der Waals surface area contributed by atoms with Crippen molar-refractivity contribution in [3.05, 3.63) is 84.3 Å². The van der Waals surface area contributed by atoms with Crippen molar-refractivity contribution < 1.29 is 9.32 Å². The molecule has 0 atom stereocenters. The third-order valence-electron chi connectivity index (χ3n) is 6.03. The number of fused-ring (bicyclic) bond motifs is 1. The van der Waals surface area contributed by atoms with Gasteiger partial charge >= 0.3 is 0 Å². The van der Waals surface area contributed by atoms with Gasteiger partial charge in [-0.2, -0.15) is 4.98 Å². The first-order valence-corrected chi connectivity index (χ1v) is 11.1. The van der Waals surface area contributed by atoms with Gasteiger partial charge in [0.2, 0.25) is 17.6 Å². The number of benzene rings is 3. The van der Waals surface area contributed by atoms with Crippen LogP contribution in [0.15, 0.2) is 77.3 Å². The van der Waals surface area contributed by atoms with E-state index in [0.29, 0.717) is 24.6 Å². The van der Waals surface area contributed by atoms with E-state index in [1.807, 2.05) is 35.2 Å². The number of piperazine rings is 1. The number of carbonyl (C=O) groups excluding carboxylic acids is 1. The largest absolute Gasteiger partial charge is 0.340 e. The molecule has 0 radical (unpaired) electrons. The van der Waals surface area contributed by atoms with Gasteiger partial charge in [0.05, 0.1) is 0 Å². The molecule has 0 saturated carbocycles. The summed E-state index contributed by atoms with van der Waals surface area (Å²) in [6, 6.07) is 24.7. The molecule has 0 unspecified atom stereocenters. The zero-order valence-corrected chi connectivity index (χ0v) is 18.0. The molecule has 6 nitrogen and oxygen atoms in total. The normalized spacial score (nSPS) is 14.7. The van der Waals surface area contributed by atoms with E-state index in [1.165, 1.54) is 5.56 Å². The van der Waals surface area contributed by atoms with Crippen LogP contribution in [0.1, 0.15) is 17.9 Å². The summed E-state index contributed by atoms with van der Waals surface area (Å²) in [6.45, 7) is 4.24. The van der Waals surface area contributed by atoms with Crippen molar-refractivity contribution in [1.82, 2.24) is 19.9 Å². The molecule has 2 heterocycles. The van der Waals surface area contributed by atoms with Gasteiger partial charge in [0.1, 0.15) is 0 Å². The number of rotatable bonds is 6. The first-order chi connectivity index (χ1) is 15.8. The minimum Gasteiger partial charge on any atom is -0.340 e. The Bertz CT molecular complexity index is 1190. The second-order valence-corrected chi connectivity index (χ2v) is 8.18. The van der Waals surface area contributed by atoms with E-state index in [9.17, 15) is 4.79 Å². The number of nitrogens with zero attached hydrogens (tertiary/aromatic N) is 4. The van der Waals surface area contributed by atoms with Gasteiger partial charge in [-0.1, -0.05) is 78.0 Å². The molecular formula is C26H26N4O2. The summed E-state index contributed by atoms with van der Waals surface area (Å²) < 4.78 is 5.45. The minimum atomic E-state index is 0.147. The molecule has 0 aliphatic carbocycles. The lowest BCUT2D eigenvalue weighted by molar-refractivity contribution is -0.133. The summed E-state index contributed by atoms with van der Waals surface area (Å²) in [5.41, 5.74) is 2.25. The predicted molar refractivity (Wildman–Crippen MR) is 124 cm³/mol. The summed E-state index contributed by atoms with van der Waals surface area (Å²) in [6.07, 6.45) is 0.844. The zero-order valence-electron chi connectivity index (χ0n) is 18.0. The van der Waals surface area contributed by atoms with Crippen LogP contribution >= 0.6 is 0 Å². The molecular weight excluding hydrogens is 400 g/mol. The highest BCUT2D eigenvalue weighted by Crippen LogP contribution is 2.26.